The lowest BCUT2D eigenvalue weighted by Gasteiger charge is -2.11. The summed E-state index contributed by atoms with van der Waals surface area (Å²) in [6, 6.07) is 0. The summed E-state index contributed by atoms with van der Waals surface area (Å²) in [5.41, 5.74) is 2.53. The van der Waals surface area contributed by atoms with E-state index in [4.69, 9.17) is 0 Å². The van der Waals surface area contributed by atoms with Crippen LogP contribution in [0.2, 0.25) is 0 Å². The Morgan fingerprint density at radius 3 is 2.29 bits per heavy atom. The molecule has 4 heteroatoms. The molecule has 14 heavy (non-hydrogen) atoms. The zero-order valence-electron chi connectivity index (χ0n) is 8.71. The normalized spacial score (nSPS) is 9.71. The fraction of sp³-hybridized carbons (Fsp3) is 0.400. The van der Waals surface area contributed by atoms with Crippen LogP contribution in [0.3, 0.4) is 0 Å². The summed E-state index contributed by atoms with van der Waals surface area (Å²) in [6.45, 7) is 5.53. The lowest BCUT2D eigenvalue weighted by atomic mass is 10.1. The van der Waals surface area contributed by atoms with E-state index in [1.165, 1.54) is 10.6 Å². The minimum atomic E-state index is -0.256. The molecule has 1 aromatic heterocycles. The van der Waals surface area contributed by atoms with Crippen LogP contribution < -0.4 is 5.56 Å². The Balaban J connectivity index is 3.77. The second-order valence-corrected chi connectivity index (χ2v) is 3.25. The topological polar surface area (TPSA) is 51.4 Å². The SMILES string of the molecule is Cc1c(C)c(C)n(C)c(=O)c1N=C=O. The highest BCUT2D eigenvalue weighted by Gasteiger charge is 2.11. The maximum atomic E-state index is 11.6. The van der Waals surface area contributed by atoms with Gasteiger partial charge in [-0.2, -0.15) is 4.99 Å². The van der Waals surface area contributed by atoms with Gasteiger partial charge in [-0.05, 0) is 31.9 Å². The first kappa shape index (κ1) is 10.4. The molecule has 0 atom stereocenters. The van der Waals surface area contributed by atoms with Crippen molar-refractivity contribution < 1.29 is 4.79 Å². The molecule has 0 bridgehead atoms. The predicted molar refractivity (Wildman–Crippen MR) is 53.7 cm³/mol. The van der Waals surface area contributed by atoms with Crippen LogP contribution in [0.5, 0.6) is 0 Å². The maximum absolute atomic E-state index is 11.6. The molecule has 0 fully saturated rings. The monoisotopic (exact) mass is 192 g/mol. The van der Waals surface area contributed by atoms with Gasteiger partial charge in [0.2, 0.25) is 6.08 Å². The quantitative estimate of drug-likeness (QED) is 0.497. The standard InChI is InChI=1S/C10H12N2O2/c1-6-7(2)9(11-5-13)10(14)12(4)8(6)3/h1-4H3. The molecule has 1 aromatic rings. The van der Waals surface area contributed by atoms with Gasteiger partial charge >= 0.3 is 0 Å². The molecule has 0 amide bonds. The lowest BCUT2D eigenvalue weighted by molar-refractivity contribution is 0.565. The third-order valence-electron chi connectivity index (χ3n) is 2.63. The number of hydrogen-bond acceptors (Lipinski definition) is 3. The molecule has 0 aliphatic carbocycles. The van der Waals surface area contributed by atoms with E-state index in [2.05, 4.69) is 4.99 Å². The van der Waals surface area contributed by atoms with Crippen molar-refractivity contribution in [2.75, 3.05) is 0 Å². The average Bonchev–Trinajstić information content (AvgIpc) is 2.19. The van der Waals surface area contributed by atoms with Crippen LogP contribution in [-0.2, 0) is 11.8 Å². The van der Waals surface area contributed by atoms with E-state index in [1.54, 1.807) is 14.0 Å². The zero-order chi connectivity index (χ0) is 10.9. The molecule has 0 spiro atoms. The Hall–Kier alpha value is -1.67. The Morgan fingerprint density at radius 2 is 1.79 bits per heavy atom. The summed E-state index contributed by atoms with van der Waals surface area (Å²) in [5, 5.41) is 0. The van der Waals surface area contributed by atoms with E-state index in [0.29, 0.717) is 0 Å². The molecule has 0 N–H and O–H groups in total. The minimum Gasteiger partial charge on any atom is -0.314 e. The molecular formula is C10H12N2O2. The van der Waals surface area contributed by atoms with Gasteiger partial charge in [-0.3, -0.25) is 4.79 Å². The van der Waals surface area contributed by atoms with Gasteiger partial charge in [-0.1, -0.05) is 0 Å². The Morgan fingerprint density at radius 1 is 1.21 bits per heavy atom. The Kier molecular flexibility index (Phi) is 2.68. The Labute approximate surface area is 81.9 Å². The number of isocyanates is 1. The van der Waals surface area contributed by atoms with Crippen molar-refractivity contribution >= 4 is 11.8 Å². The molecule has 0 saturated heterocycles. The van der Waals surface area contributed by atoms with Crippen molar-refractivity contribution in [3.8, 4) is 0 Å². The number of nitrogens with zero attached hydrogens (tertiary/aromatic N) is 2. The van der Waals surface area contributed by atoms with E-state index >= 15 is 0 Å². The number of pyridine rings is 1. The van der Waals surface area contributed by atoms with Crippen LogP contribution in [0.4, 0.5) is 5.69 Å². The number of rotatable bonds is 1. The minimum absolute atomic E-state index is 0.186. The van der Waals surface area contributed by atoms with Crippen LogP contribution in [0, 0.1) is 20.8 Å². The summed E-state index contributed by atoms with van der Waals surface area (Å²) >= 11 is 0. The van der Waals surface area contributed by atoms with E-state index in [1.807, 2.05) is 13.8 Å². The number of aromatic nitrogens is 1. The second kappa shape index (κ2) is 3.60. The molecule has 0 saturated carbocycles. The molecule has 1 heterocycles. The summed E-state index contributed by atoms with van der Waals surface area (Å²) in [7, 11) is 1.66. The smallest absolute Gasteiger partial charge is 0.277 e. The summed E-state index contributed by atoms with van der Waals surface area (Å²) < 4.78 is 1.48. The van der Waals surface area contributed by atoms with Gasteiger partial charge in [-0.15, -0.1) is 0 Å². The third-order valence-corrected chi connectivity index (χ3v) is 2.63. The molecular weight excluding hydrogens is 180 g/mol. The first-order valence-electron chi connectivity index (χ1n) is 4.25. The molecule has 1 rings (SSSR count). The Bertz CT molecular complexity index is 480. The highest BCUT2D eigenvalue weighted by atomic mass is 16.1. The van der Waals surface area contributed by atoms with Crippen molar-refractivity contribution in [1.29, 1.82) is 0 Å². The second-order valence-electron chi connectivity index (χ2n) is 3.25. The molecule has 0 radical (unpaired) electrons. The van der Waals surface area contributed by atoms with Gasteiger partial charge in [-0.25, -0.2) is 4.79 Å². The van der Waals surface area contributed by atoms with Gasteiger partial charge in [0, 0.05) is 12.7 Å². The van der Waals surface area contributed by atoms with Gasteiger partial charge < -0.3 is 4.57 Å². The third kappa shape index (κ3) is 1.40. The van der Waals surface area contributed by atoms with Crippen molar-refractivity contribution in [1.82, 2.24) is 4.57 Å². The fourth-order valence-electron chi connectivity index (χ4n) is 1.35. The molecule has 0 unspecified atom stereocenters. The van der Waals surface area contributed by atoms with Crippen LogP contribution in [0.1, 0.15) is 16.8 Å². The van der Waals surface area contributed by atoms with Crippen molar-refractivity contribution in [3.63, 3.8) is 0 Å². The molecule has 0 aliphatic rings. The van der Waals surface area contributed by atoms with Crippen LogP contribution in [-0.4, -0.2) is 10.6 Å². The van der Waals surface area contributed by atoms with E-state index in [0.717, 1.165) is 16.8 Å². The first-order valence-corrected chi connectivity index (χ1v) is 4.25. The van der Waals surface area contributed by atoms with E-state index < -0.39 is 0 Å². The fourth-order valence-corrected chi connectivity index (χ4v) is 1.35. The predicted octanol–water partition coefficient (Wildman–Crippen LogP) is 1.28. The molecule has 0 aliphatic heterocycles. The zero-order valence-corrected chi connectivity index (χ0v) is 8.71. The van der Waals surface area contributed by atoms with Gasteiger partial charge in [0.05, 0.1) is 0 Å². The molecule has 74 valence electrons. The lowest BCUT2D eigenvalue weighted by Crippen LogP contribution is -2.20. The number of hydrogen-bond donors (Lipinski definition) is 0. The average molecular weight is 192 g/mol. The van der Waals surface area contributed by atoms with Gasteiger partial charge in [0.1, 0.15) is 5.69 Å². The largest absolute Gasteiger partial charge is 0.314 e. The molecule has 0 aromatic carbocycles. The van der Waals surface area contributed by atoms with Gasteiger partial charge in [0.25, 0.3) is 5.56 Å². The summed E-state index contributed by atoms with van der Waals surface area (Å²) in [5.74, 6) is 0. The first-order chi connectivity index (χ1) is 6.50. The maximum Gasteiger partial charge on any atom is 0.277 e. The van der Waals surface area contributed by atoms with E-state index in [-0.39, 0.29) is 11.2 Å². The van der Waals surface area contributed by atoms with Gasteiger partial charge in [0.15, 0.2) is 0 Å². The van der Waals surface area contributed by atoms with Crippen LogP contribution in [0.15, 0.2) is 9.79 Å². The van der Waals surface area contributed by atoms with Crippen molar-refractivity contribution in [2.24, 2.45) is 12.0 Å². The van der Waals surface area contributed by atoms with Crippen molar-refractivity contribution in [3.05, 3.63) is 27.2 Å². The van der Waals surface area contributed by atoms with Crippen LogP contribution >= 0.6 is 0 Å². The number of aliphatic imine (C=N–C) groups is 1. The summed E-state index contributed by atoms with van der Waals surface area (Å²) in [4.78, 5) is 25.2. The molecule has 4 nitrogen and oxygen atoms in total. The highest BCUT2D eigenvalue weighted by Crippen LogP contribution is 2.18. The van der Waals surface area contributed by atoms with Crippen molar-refractivity contribution in [2.45, 2.75) is 20.8 Å². The van der Waals surface area contributed by atoms with Crippen LogP contribution in [0.25, 0.3) is 0 Å². The highest BCUT2D eigenvalue weighted by molar-refractivity contribution is 5.55. The van der Waals surface area contributed by atoms with E-state index in [9.17, 15) is 9.59 Å². The summed E-state index contributed by atoms with van der Waals surface area (Å²) in [6.07, 6.45) is 1.40. The number of carbonyl (C=O) groups excluding carboxylic acids is 1.